The lowest BCUT2D eigenvalue weighted by Gasteiger charge is -2.30. The fourth-order valence-corrected chi connectivity index (χ4v) is 2.05. The number of carboxylic acids is 1. The zero-order chi connectivity index (χ0) is 13.8. The Morgan fingerprint density at radius 2 is 2.00 bits per heavy atom. The molecule has 1 aromatic carbocycles. The highest BCUT2D eigenvalue weighted by atomic mass is 19.1. The van der Waals surface area contributed by atoms with Crippen LogP contribution < -0.4 is 5.32 Å². The largest absolute Gasteiger partial charge is 0.480 e. The van der Waals surface area contributed by atoms with Gasteiger partial charge in [0.05, 0.1) is 0 Å². The lowest BCUT2D eigenvalue weighted by atomic mass is 9.94. The molecule has 0 saturated carbocycles. The van der Waals surface area contributed by atoms with Crippen LogP contribution in [0.3, 0.4) is 0 Å². The van der Waals surface area contributed by atoms with Gasteiger partial charge in [-0.2, -0.15) is 0 Å². The average Bonchev–Trinajstić information content (AvgIpc) is 2.29. The number of aliphatic carboxylic acids is 1. The number of hydrogen-bond acceptors (Lipinski definition) is 2. The van der Waals surface area contributed by atoms with Gasteiger partial charge < -0.3 is 5.11 Å². The second kappa shape index (κ2) is 5.96. The molecule has 0 radical (unpaired) electrons. The van der Waals surface area contributed by atoms with Gasteiger partial charge in [-0.1, -0.05) is 25.5 Å². The predicted molar refractivity (Wildman–Crippen MR) is 68.9 cm³/mol. The van der Waals surface area contributed by atoms with Crippen molar-refractivity contribution in [3.8, 4) is 0 Å². The van der Waals surface area contributed by atoms with Gasteiger partial charge in [-0.25, -0.2) is 4.39 Å². The van der Waals surface area contributed by atoms with Gasteiger partial charge in [-0.05, 0) is 38.0 Å². The molecule has 4 heteroatoms. The van der Waals surface area contributed by atoms with E-state index < -0.39 is 11.5 Å². The summed E-state index contributed by atoms with van der Waals surface area (Å²) < 4.78 is 12.8. The van der Waals surface area contributed by atoms with Crippen LogP contribution in [0.4, 0.5) is 4.39 Å². The molecule has 1 aromatic rings. The van der Waals surface area contributed by atoms with Crippen LogP contribution in [-0.4, -0.2) is 16.6 Å². The molecule has 0 aliphatic rings. The van der Waals surface area contributed by atoms with Crippen molar-refractivity contribution in [2.45, 2.75) is 45.2 Å². The molecule has 0 spiro atoms. The molecule has 0 heterocycles. The number of carboxylic acid groups (broad SMARTS) is 1. The Bertz CT molecular complexity index is 405. The van der Waals surface area contributed by atoms with Gasteiger partial charge in [0.1, 0.15) is 11.4 Å². The highest BCUT2D eigenvalue weighted by molar-refractivity contribution is 5.78. The monoisotopic (exact) mass is 253 g/mol. The lowest BCUT2D eigenvalue weighted by molar-refractivity contribution is -0.144. The smallest absolute Gasteiger partial charge is 0.323 e. The molecule has 0 aliphatic heterocycles. The maximum absolute atomic E-state index is 12.8. The maximum Gasteiger partial charge on any atom is 0.323 e. The Hall–Kier alpha value is -1.42. The van der Waals surface area contributed by atoms with Crippen molar-refractivity contribution >= 4 is 5.97 Å². The molecule has 2 unspecified atom stereocenters. The van der Waals surface area contributed by atoms with E-state index in [9.17, 15) is 14.3 Å². The van der Waals surface area contributed by atoms with Crippen LogP contribution in [0.2, 0.25) is 0 Å². The molecule has 2 atom stereocenters. The Kier molecular flexibility index (Phi) is 4.84. The van der Waals surface area contributed by atoms with Gasteiger partial charge in [0, 0.05) is 6.04 Å². The average molecular weight is 253 g/mol. The van der Waals surface area contributed by atoms with E-state index in [4.69, 9.17) is 0 Å². The van der Waals surface area contributed by atoms with Gasteiger partial charge >= 0.3 is 5.97 Å². The molecule has 1 rings (SSSR count). The van der Waals surface area contributed by atoms with Crippen molar-refractivity contribution in [3.05, 3.63) is 35.6 Å². The summed E-state index contributed by atoms with van der Waals surface area (Å²) in [7, 11) is 0. The Morgan fingerprint density at radius 3 is 2.44 bits per heavy atom. The second-order valence-corrected chi connectivity index (χ2v) is 4.80. The third-order valence-electron chi connectivity index (χ3n) is 3.13. The van der Waals surface area contributed by atoms with Crippen molar-refractivity contribution < 1.29 is 14.3 Å². The minimum absolute atomic E-state index is 0.141. The number of hydrogen-bond donors (Lipinski definition) is 2. The van der Waals surface area contributed by atoms with Crippen molar-refractivity contribution in [1.29, 1.82) is 0 Å². The Labute approximate surface area is 107 Å². The van der Waals surface area contributed by atoms with Gasteiger partial charge in [0.25, 0.3) is 0 Å². The fraction of sp³-hybridized carbons (Fsp3) is 0.500. The topological polar surface area (TPSA) is 49.3 Å². The van der Waals surface area contributed by atoms with E-state index >= 15 is 0 Å². The first kappa shape index (κ1) is 14.6. The Balaban J connectivity index is 2.81. The summed E-state index contributed by atoms with van der Waals surface area (Å²) in [5.74, 6) is -1.15. The van der Waals surface area contributed by atoms with Gasteiger partial charge in [-0.3, -0.25) is 10.1 Å². The molecule has 0 bridgehead atoms. The summed E-state index contributed by atoms with van der Waals surface area (Å²) in [6, 6.07) is 5.96. The van der Waals surface area contributed by atoms with E-state index in [1.807, 2.05) is 13.8 Å². The van der Waals surface area contributed by atoms with Gasteiger partial charge in [0.15, 0.2) is 0 Å². The highest BCUT2D eigenvalue weighted by Gasteiger charge is 2.33. The SMILES string of the molecule is CCCC(C)(NC(C)c1ccc(F)cc1)C(=O)O. The zero-order valence-electron chi connectivity index (χ0n) is 11.0. The minimum Gasteiger partial charge on any atom is -0.480 e. The molecule has 0 amide bonds. The van der Waals surface area contributed by atoms with E-state index in [0.29, 0.717) is 6.42 Å². The lowest BCUT2D eigenvalue weighted by Crippen LogP contribution is -2.50. The fourth-order valence-electron chi connectivity index (χ4n) is 2.05. The van der Waals surface area contributed by atoms with Crippen molar-refractivity contribution in [3.63, 3.8) is 0 Å². The Morgan fingerprint density at radius 1 is 1.44 bits per heavy atom. The molecule has 0 aromatic heterocycles. The normalized spacial score (nSPS) is 16.0. The first-order valence-corrected chi connectivity index (χ1v) is 6.15. The summed E-state index contributed by atoms with van der Waals surface area (Å²) in [6.45, 7) is 5.51. The van der Waals surface area contributed by atoms with Crippen molar-refractivity contribution in [1.82, 2.24) is 5.32 Å². The van der Waals surface area contributed by atoms with E-state index in [0.717, 1.165) is 12.0 Å². The number of carbonyl (C=O) groups is 1. The van der Waals surface area contributed by atoms with Crippen LogP contribution in [0.5, 0.6) is 0 Å². The molecule has 18 heavy (non-hydrogen) atoms. The maximum atomic E-state index is 12.8. The third kappa shape index (κ3) is 3.53. The molecule has 0 aliphatic carbocycles. The van der Waals surface area contributed by atoms with Gasteiger partial charge in [-0.15, -0.1) is 0 Å². The van der Waals surface area contributed by atoms with E-state index in [1.54, 1.807) is 19.1 Å². The number of rotatable bonds is 6. The molecule has 0 saturated heterocycles. The first-order chi connectivity index (χ1) is 8.39. The molecule has 3 nitrogen and oxygen atoms in total. The summed E-state index contributed by atoms with van der Waals surface area (Å²) in [6.07, 6.45) is 1.33. The van der Waals surface area contributed by atoms with E-state index in [2.05, 4.69) is 5.32 Å². The summed E-state index contributed by atoms with van der Waals surface area (Å²) in [5.41, 5.74) is -0.0808. The van der Waals surface area contributed by atoms with Crippen LogP contribution in [0.1, 0.15) is 45.2 Å². The summed E-state index contributed by atoms with van der Waals surface area (Å²) in [5, 5.41) is 12.4. The summed E-state index contributed by atoms with van der Waals surface area (Å²) >= 11 is 0. The molecule has 100 valence electrons. The van der Waals surface area contributed by atoms with Crippen molar-refractivity contribution in [2.24, 2.45) is 0 Å². The van der Waals surface area contributed by atoms with Crippen LogP contribution in [0, 0.1) is 5.82 Å². The highest BCUT2D eigenvalue weighted by Crippen LogP contribution is 2.20. The first-order valence-electron chi connectivity index (χ1n) is 6.15. The van der Waals surface area contributed by atoms with Crippen LogP contribution in [-0.2, 0) is 4.79 Å². The third-order valence-corrected chi connectivity index (χ3v) is 3.13. The molecular formula is C14H20FNO2. The predicted octanol–water partition coefficient (Wildman–Crippen LogP) is 3.12. The van der Waals surface area contributed by atoms with Crippen LogP contribution in [0.25, 0.3) is 0 Å². The summed E-state index contributed by atoms with van der Waals surface area (Å²) in [4.78, 5) is 11.3. The van der Waals surface area contributed by atoms with Crippen molar-refractivity contribution in [2.75, 3.05) is 0 Å². The molecule has 2 N–H and O–H groups in total. The van der Waals surface area contributed by atoms with Gasteiger partial charge in [0.2, 0.25) is 0 Å². The van der Waals surface area contributed by atoms with E-state index in [1.165, 1.54) is 12.1 Å². The minimum atomic E-state index is -0.956. The second-order valence-electron chi connectivity index (χ2n) is 4.80. The van der Waals surface area contributed by atoms with Crippen LogP contribution >= 0.6 is 0 Å². The van der Waals surface area contributed by atoms with Crippen LogP contribution in [0.15, 0.2) is 24.3 Å². The molecular weight excluding hydrogens is 233 g/mol. The van der Waals surface area contributed by atoms with E-state index in [-0.39, 0.29) is 11.9 Å². The quantitative estimate of drug-likeness (QED) is 0.819. The number of halogens is 1. The standard InChI is InChI=1S/C14H20FNO2/c1-4-9-14(3,13(17)18)16-10(2)11-5-7-12(15)8-6-11/h5-8,10,16H,4,9H2,1-3H3,(H,17,18). The zero-order valence-corrected chi connectivity index (χ0v) is 11.0. The number of nitrogens with one attached hydrogen (secondary N) is 1. The number of benzene rings is 1. The molecule has 0 fully saturated rings.